The normalized spacial score (nSPS) is 14.5. The summed E-state index contributed by atoms with van der Waals surface area (Å²) >= 11 is 0. The second kappa shape index (κ2) is 9.01. The molecule has 1 heterocycles. The van der Waals surface area contributed by atoms with Crippen molar-refractivity contribution in [3.05, 3.63) is 36.6 Å². The number of allylic oxidation sites excluding steroid dienone is 3. The monoisotopic (exact) mass is 319 g/mol. The molecule has 0 amide bonds. The molecule has 0 spiro atoms. The highest BCUT2D eigenvalue weighted by atomic mass is 127. The zero-order chi connectivity index (χ0) is 10.2. The molecular formula is C13H22IN. The highest BCUT2D eigenvalue weighted by Crippen LogP contribution is 2.09. The van der Waals surface area contributed by atoms with Crippen LogP contribution in [-0.4, -0.2) is 18.0 Å². The molecule has 0 saturated heterocycles. The van der Waals surface area contributed by atoms with Gasteiger partial charge in [-0.1, -0.05) is 44.9 Å². The van der Waals surface area contributed by atoms with Crippen molar-refractivity contribution in [2.75, 3.05) is 13.1 Å². The molecule has 15 heavy (non-hydrogen) atoms. The van der Waals surface area contributed by atoms with Crippen molar-refractivity contribution in [2.24, 2.45) is 0 Å². The van der Waals surface area contributed by atoms with Crippen molar-refractivity contribution < 1.29 is 0 Å². The highest BCUT2D eigenvalue weighted by Gasteiger charge is 2.01. The zero-order valence-corrected chi connectivity index (χ0v) is 11.9. The van der Waals surface area contributed by atoms with Gasteiger partial charge in [-0.3, -0.25) is 0 Å². The van der Waals surface area contributed by atoms with Crippen LogP contribution in [0, 0.1) is 0 Å². The Balaban J connectivity index is 0.00000196. The first-order chi connectivity index (χ1) is 6.86. The van der Waals surface area contributed by atoms with Gasteiger partial charge < -0.3 is 4.90 Å². The summed E-state index contributed by atoms with van der Waals surface area (Å²) in [6.45, 7) is 8.25. The van der Waals surface area contributed by atoms with E-state index in [2.05, 4.69) is 36.8 Å². The van der Waals surface area contributed by atoms with E-state index in [1.54, 1.807) is 0 Å². The third-order valence-electron chi connectivity index (χ3n) is 2.57. The number of hydrogen-bond donors (Lipinski definition) is 0. The Morgan fingerprint density at radius 1 is 1.40 bits per heavy atom. The van der Waals surface area contributed by atoms with Crippen molar-refractivity contribution in [1.29, 1.82) is 0 Å². The van der Waals surface area contributed by atoms with E-state index >= 15 is 0 Å². The molecule has 0 bridgehead atoms. The molecule has 0 fully saturated rings. The van der Waals surface area contributed by atoms with Crippen LogP contribution in [0.5, 0.6) is 0 Å². The van der Waals surface area contributed by atoms with Crippen LogP contribution in [0.25, 0.3) is 0 Å². The van der Waals surface area contributed by atoms with Crippen LogP contribution < -0.4 is 0 Å². The SMILES string of the molecule is C=CC1=CCN(CCCCCC)C=C1.I. The summed E-state index contributed by atoms with van der Waals surface area (Å²) in [6.07, 6.45) is 13.8. The van der Waals surface area contributed by atoms with Crippen molar-refractivity contribution in [1.82, 2.24) is 4.90 Å². The third kappa shape index (κ3) is 6.03. The second-order valence-electron chi connectivity index (χ2n) is 3.78. The van der Waals surface area contributed by atoms with Crippen LogP contribution in [0.2, 0.25) is 0 Å². The first-order valence-electron chi connectivity index (χ1n) is 5.61. The summed E-state index contributed by atoms with van der Waals surface area (Å²) in [5.41, 5.74) is 1.25. The topological polar surface area (TPSA) is 3.24 Å². The Hall–Kier alpha value is -0.250. The smallest absolute Gasteiger partial charge is 0.0362 e. The average Bonchev–Trinajstić information content (AvgIpc) is 2.25. The summed E-state index contributed by atoms with van der Waals surface area (Å²) in [7, 11) is 0. The molecule has 0 N–H and O–H groups in total. The second-order valence-corrected chi connectivity index (χ2v) is 3.78. The maximum absolute atomic E-state index is 3.76. The van der Waals surface area contributed by atoms with Crippen LogP contribution in [0.3, 0.4) is 0 Å². The summed E-state index contributed by atoms with van der Waals surface area (Å²) in [4.78, 5) is 2.36. The van der Waals surface area contributed by atoms with E-state index in [9.17, 15) is 0 Å². The van der Waals surface area contributed by atoms with Crippen molar-refractivity contribution in [3.8, 4) is 0 Å². The number of halogens is 1. The molecule has 0 aliphatic carbocycles. The lowest BCUT2D eigenvalue weighted by atomic mass is 10.1. The van der Waals surface area contributed by atoms with Gasteiger partial charge in [0.05, 0.1) is 0 Å². The first kappa shape index (κ1) is 14.8. The van der Waals surface area contributed by atoms with Crippen LogP contribution in [0.1, 0.15) is 32.6 Å². The van der Waals surface area contributed by atoms with Crippen LogP contribution >= 0.6 is 24.0 Å². The summed E-state index contributed by atoms with van der Waals surface area (Å²) in [5.74, 6) is 0. The van der Waals surface area contributed by atoms with Gasteiger partial charge in [0.25, 0.3) is 0 Å². The predicted molar refractivity (Wildman–Crippen MR) is 78.6 cm³/mol. The summed E-state index contributed by atoms with van der Waals surface area (Å²) in [6, 6.07) is 0. The van der Waals surface area contributed by atoms with Gasteiger partial charge in [0.1, 0.15) is 0 Å². The Bertz CT molecular complexity index is 231. The molecule has 0 unspecified atom stereocenters. The molecule has 0 aromatic heterocycles. The molecule has 0 atom stereocenters. The Morgan fingerprint density at radius 3 is 2.73 bits per heavy atom. The van der Waals surface area contributed by atoms with Gasteiger partial charge in [-0.05, 0) is 24.3 Å². The van der Waals surface area contributed by atoms with Gasteiger partial charge in [-0.2, -0.15) is 0 Å². The minimum atomic E-state index is 0. The molecule has 0 saturated carbocycles. The fraction of sp³-hybridized carbons (Fsp3) is 0.538. The quantitative estimate of drug-likeness (QED) is 0.526. The maximum Gasteiger partial charge on any atom is 0.0362 e. The number of hydrogen-bond acceptors (Lipinski definition) is 1. The van der Waals surface area contributed by atoms with E-state index in [0.29, 0.717) is 0 Å². The lowest BCUT2D eigenvalue weighted by Gasteiger charge is -2.21. The Morgan fingerprint density at radius 2 is 2.20 bits per heavy atom. The minimum Gasteiger partial charge on any atom is -0.374 e. The fourth-order valence-electron chi connectivity index (χ4n) is 1.60. The van der Waals surface area contributed by atoms with Gasteiger partial charge in [0.15, 0.2) is 0 Å². The number of nitrogens with zero attached hydrogens (tertiary/aromatic N) is 1. The molecule has 0 aromatic rings. The molecule has 1 aliphatic heterocycles. The van der Waals surface area contributed by atoms with E-state index in [1.165, 1.54) is 37.8 Å². The molecule has 2 heteroatoms. The largest absolute Gasteiger partial charge is 0.374 e. The van der Waals surface area contributed by atoms with Crippen molar-refractivity contribution in [3.63, 3.8) is 0 Å². The van der Waals surface area contributed by atoms with Gasteiger partial charge in [-0.15, -0.1) is 24.0 Å². The van der Waals surface area contributed by atoms with Crippen LogP contribution in [0.15, 0.2) is 36.6 Å². The van der Waals surface area contributed by atoms with E-state index in [1.807, 2.05) is 6.08 Å². The zero-order valence-electron chi connectivity index (χ0n) is 9.61. The van der Waals surface area contributed by atoms with Gasteiger partial charge in [0.2, 0.25) is 0 Å². The Labute approximate surface area is 111 Å². The molecule has 0 aromatic carbocycles. The first-order valence-corrected chi connectivity index (χ1v) is 5.61. The van der Waals surface area contributed by atoms with E-state index in [0.717, 1.165) is 6.54 Å². The molecule has 1 nitrogen and oxygen atoms in total. The molecule has 1 aliphatic rings. The Kier molecular flexibility index (Phi) is 8.86. The van der Waals surface area contributed by atoms with E-state index < -0.39 is 0 Å². The van der Waals surface area contributed by atoms with Gasteiger partial charge in [-0.25, -0.2) is 0 Å². The summed E-state index contributed by atoms with van der Waals surface area (Å²) in [5, 5.41) is 0. The molecular weight excluding hydrogens is 297 g/mol. The van der Waals surface area contributed by atoms with Crippen LogP contribution in [-0.2, 0) is 0 Å². The van der Waals surface area contributed by atoms with E-state index in [-0.39, 0.29) is 24.0 Å². The standard InChI is InChI=1S/C13H21N.HI/c1-3-5-6-7-10-14-11-8-13(4-2)9-12-14;/h4,8-9,11H,2-3,5-7,10,12H2,1H3;1H. The minimum absolute atomic E-state index is 0. The van der Waals surface area contributed by atoms with Crippen molar-refractivity contribution >= 4 is 24.0 Å². The third-order valence-corrected chi connectivity index (χ3v) is 2.57. The summed E-state index contributed by atoms with van der Waals surface area (Å²) < 4.78 is 0. The molecule has 86 valence electrons. The van der Waals surface area contributed by atoms with E-state index in [4.69, 9.17) is 0 Å². The lowest BCUT2D eigenvalue weighted by molar-refractivity contribution is 0.393. The number of rotatable bonds is 6. The number of unbranched alkanes of at least 4 members (excludes halogenated alkanes) is 3. The van der Waals surface area contributed by atoms with Gasteiger partial charge >= 0.3 is 0 Å². The maximum atomic E-state index is 3.76. The van der Waals surface area contributed by atoms with Gasteiger partial charge in [0, 0.05) is 13.1 Å². The van der Waals surface area contributed by atoms with Crippen LogP contribution in [0.4, 0.5) is 0 Å². The molecule has 0 radical (unpaired) electrons. The molecule has 1 rings (SSSR count). The lowest BCUT2D eigenvalue weighted by Crippen LogP contribution is -2.20. The predicted octanol–water partition coefficient (Wildman–Crippen LogP) is 4.13. The highest BCUT2D eigenvalue weighted by molar-refractivity contribution is 14.0. The van der Waals surface area contributed by atoms with Crippen molar-refractivity contribution in [2.45, 2.75) is 32.6 Å². The fourth-order valence-corrected chi connectivity index (χ4v) is 1.60. The average molecular weight is 319 g/mol.